The van der Waals surface area contributed by atoms with Crippen molar-refractivity contribution in [1.82, 2.24) is 10.3 Å². The molecule has 0 aliphatic carbocycles. The summed E-state index contributed by atoms with van der Waals surface area (Å²) in [5, 5.41) is 2.80. The highest BCUT2D eigenvalue weighted by Crippen LogP contribution is 2.24. The number of nitrogens with zero attached hydrogens (tertiary/aromatic N) is 1. The first-order valence-corrected chi connectivity index (χ1v) is 10.7. The van der Waals surface area contributed by atoms with Crippen molar-refractivity contribution >= 4 is 16.7 Å². The normalized spacial score (nSPS) is 11.8. The summed E-state index contributed by atoms with van der Waals surface area (Å²) in [7, 11) is 0.230. The summed E-state index contributed by atoms with van der Waals surface area (Å²) in [6.45, 7) is 4.21. The molecule has 0 fully saturated rings. The van der Waals surface area contributed by atoms with E-state index in [1.165, 1.54) is 0 Å². The summed E-state index contributed by atoms with van der Waals surface area (Å²) in [5.41, 5.74) is 3.58. The SMILES string of the molecule is COc1ccc(-c2nc(C[S@@](=O)CC(=O)NCc3ccc(C)cc3)c(C)o2)cc1. The minimum atomic E-state index is -1.38. The maximum Gasteiger partial charge on any atom is 0.232 e. The Morgan fingerprint density at radius 2 is 1.79 bits per heavy atom. The first-order chi connectivity index (χ1) is 13.9. The number of carbonyl (C=O) groups is 1. The predicted molar refractivity (Wildman–Crippen MR) is 113 cm³/mol. The number of methoxy groups -OCH3 is 1. The van der Waals surface area contributed by atoms with E-state index in [0.717, 1.165) is 22.4 Å². The van der Waals surface area contributed by atoms with Crippen LogP contribution in [0.1, 0.15) is 22.6 Å². The number of carbonyl (C=O) groups excluding carboxylic acids is 1. The van der Waals surface area contributed by atoms with E-state index in [0.29, 0.717) is 23.9 Å². The Kier molecular flexibility index (Phi) is 6.82. The van der Waals surface area contributed by atoms with E-state index in [4.69, 9.17) is 9.15 Å². The molecule has 1 aromatic heterocycles. The minimum Gasteiger partial charge on any atom is -0.497 e. The molecule has 1 atom stereocenters. The van der Waals surface area contributed by atoms with Crippen LogP contribution in [0.5, 0.6) is 5.75 Å². The summed E-state index contributed by atoms with van der Waals surface area (Å²) in [5.74, 6) is 1.65. The number of hydrogen-bond acceptors (Lipinski definition) is 5. The summed E-state index contributed by atoms with van der Waals surface area (Å²) in [6, 6.07) is 15.3. The van der Waals surface area contributed by atoms with Crippen molar-refractivity contribution in [3.63, 3.8) is 0 Å². The first kappa shape index (κ1) is 20.8. The summed E-state index contributed by atoms with van der Waals surface area (Å²) >= 11 is 0. The number of ether oxygens (including phenoxy) is 1. The van der Waals surface area contributed by atoms with Crippen LogP contribution in [0.3, 0.4) is 0 Å². The highest BCUT2D eigenvalue weighted by molar-refractivity contribution is 7.84. The Balaban J connectivity index is 1.55. The van der Waals surface area contributed by atoms with Crippen molar-refractivity contribution in [2.45, 2.75) is 26.1 Å². The van der Waals surface area contributed by atoms with E-state index in [2.05, 4.69) is 10.3 Å². The second-order valence-electron chi connectivity index (χ2n) is 6.74. The molecular formula is C22H24N2O4S. The lowest BCUT2D eigenvalue weighted by Gasteiger charge is -2.05. The van der Waals surface area contributed by atoms with Gasteiger partial charge in [0.2, 0.25) is 11.8 Å². The Morgan fingerprint density at radius 1 is 1.10 bits per heavy atom. The lowest BCUT2D eigenvalue weighted by atomic mass is 10.1. The molecule has 0 bridgehead atoms. The summed E-state index contributed by atoms with van der Waals surface area (Å²) in [6.07, 6.45) is 0. The molecule has 1 heterocycles. The molecule has 29 heavy (non-hydrogen) atoms. The topological polar surface area (TPSA) is 81.4 Å². The summed E-state index contributed by atoms with van der Waals surface area (Å²) in [4.78, 5) is 16.5. The van der Waals surface area contributed by atoms with Gasteiger partial charge in [-0.25, -0.2) is 4.98 Å². The van der Waals surface area contributed by atoms with Crippen LogP contribution in [0.2, 0.25) is 0 Å². The molecule has 0 spiro atoms. The molecule has 7 heteroatoms. The number of aromatic nitrogens is 1. The predicted octanol–water partition coefficient (Wildman–Crippen LogP) is 3.53. The van der Waals surface area contributed by atoms with Crippen LogP contribution in [-0.4, -0.2) is 28.0 Å². The van der Waals surface area contributed by atoms with Gasteiger partial charge in [0.05, 0.1) is 18.6 Å². The molecule has 2 aromatic carbocycles. The third-order valence-electron chi connectivity index (χ3n) is 4.43. The fraction of sp³-hybridized carbons (Fsp3) is 0.273. The molecule has 0 saturated heterocycles. The van der Waals surface area contributed by atoms with Crippen LogP contribution < -0.4 is 10.1 Å². The molecular weight excluding hydrogens is 388 g/mol. The molecule has 1 N–H and O–H groups in total. The highest BCUT2D eigenvalue weighted by atomic mass is 32.2. The minimum absolute atomic E-state index is 0.0734. The third kappa shape index (κ3) is 5.77. The lowest BCUT2D eigenvalue weighted by Crippen LogP contribution is -2.28. The van der Waals surface area contributed by atoms with Gasteiger partial charge in [-0.2, -0.15) is 0 Å². The van der Waals surface area contributed by atoms with E-state index < -0.39 is 10.8 Å². The van der Waals surface area contributed by atoms with Crippen LogP contribution >= 0.6 is 0 Å². The Hall–Kier alpha value is -2.93. The van der Waals surface area contributed by atoms with Crippen molar-refractivity contribution in [3.05, 3.63) is 71.1 Å². The molecule has 152 valence electrons. The van der Waals surface area contributed by atoms with E-state index in [-0.39, 0.29) is 17.4 Å². The number of oxazole rings is 1. The number of nitrogens with one attached hydrogen (secondary N) is 1. The molecule has 0 unspecified atom stereocenters. The van der Waals surface area contributed by atoms with E-state index in [1.807, 2.05) is 55.5 Å². The smallest absolute Gasteiger partial charge is 0.232 e. The average molecular weight is 413 g/mol. The van der Waals surface area contributed by atoms with Gasteiger partial charge in [-0.05, 0) is 43.7 Å². The Labute approximate surface area is 172 Å². The number of aryl methyl sites for hydroxylation is 2. The largest absolute Gasteiger partial charge is 0.497 e. The van der Waals surface area contributed by atoms with Crippen molar-refractivity contribution in [1.29, 1.82) is 0 Å². The van der Waals surface area contributed by atoms with Crippen molar-refractivity contribution in [2.24, 2.45) is 0 Å². The fourth-order valence-electron chi connectivity index (χ4n) is 2.73. The van der Waals surface area contributed by atoms with Gasteiger partial charge in [0.1, 0.15) is 17.3 Å². The quantitative estimate of drug-likeness (QED) is 0.612. The van der Waals surface area contributed by atoms with Gasteiger partial charge < -0.3 is 14.5 Å². The molecule has 0 radical (unpaired) electrons. The Bertz CT molecular complexity index is 995. The molecule has 0 aliphatic heterocycles. The molecule has 0 saturated carbocycles. The zero-order chi connectivity index (χ0) is 20.8. The zero-order valence-corrected chi connectivity index (χ0v) is 17.5. The first-order valence-electron chi connectivity index (χ1n) is 9.22. The van der Waals surface area contributed by atoms with Crippen molar-refractivity contribution in [3.8, 4) is 17.2 Å². The second-order valence-corrected chi connectivity index (χ2v) is 8.20. The van der Waals surface area contributed by atoms with E-state index in [9.17, 15) is 9.00 Å². The number of hydrogen-bond donors (Lipinski definition) is 1. The number of rotatable bonds is 8. The standard InChI is InChI=1S/C22H24N2O4S/c1-15-4-6-17(7-5-15)12-23-21(25)14-29(26)13-20-16(2)28-22(24-20)18-8-10-19(27-3)11-9-18/h4-11H,12-14H2,1-3H3,(H,23,25)/t29-/m1/s1. The van der Waals surface area contributed by atoms with Crippen LogP contribution in [0.15, 0.2) is 52.9 Å². The number of amides is 1. The second kappa shape index (κ2) is 9.52. The van der Waals surface area contributed by atoms with Gasteiger partial charge in [0, 0.05) is 22.9 Å². The van der Waals surface area contributed by atoms with Gasteiger partial charge in [-0.3, -0.25) is 9.00 Å². The zero-order valence-electron chi connectivity index (χ0n) is 16.7. The van der Waals surface area contributed by atoms with Gasteiger partial charge in [0.15, 0.2) is 0 Å². The highest BCUT2D eigenvalue weighted by Gasteiger charge is 2.16. The van der Waals surface area contributed by atoms with Gasteiger partial charge in [0.25, 0.3) is 0 Å². The maximum atomic E-state index is 12.4. The fourth-order valence-corrected chi connectivity index (χ4v) is 3.80. The van der Waals surface area contributed by atoms with Gasteiger partial charge in [-0.1, -0.05) is 29.8 Å². The molecule has 6 nitrogen and oxygen atoms in total. The van der Waals surface area contributed by atoms with E-state index >= 15 is 0 Å². The molecule has 0 aliphatic rings. The monoisotopic (exact) mass is 412 g/mol. The van der Waals surface area contributed by atoms with Crippen molar-refractivity contribution in [2.75, 3.05) is 12.9 Å². The summed E-state index contributed by atoms with van der Waals surface area (Å²) < 4.78 is 23.3. The van der Waals surface area contributed by atoms with Crippen LogP contribution in [0.25, 0.3) is 11.5 Å². The van der Waals surface area contributed by atoms with Crippen LogP contribution in [0.4, 0.5) is 0 Å². The third-order valence-corrected chi connectivity index (χ3v) is 5.61. The lowest BCUT2D eigenvalue weighted by molar-refractivity contribution is -0.118. The van der Waals surface area contributed by atoms with Crippen LogP contribution in [0, 0.1) is 13.8 Å². The van der Waals surface area contributed by atoms with Crippen molar-refractivity contribution < 1.29 is 18.2 Å². The van der Waals surface area contributed by atoms with Crippen LogP contribution in [-0.2, 0) is 27.9 Å². The van der Waals surface area contributed by atoms with Gasteiger partial charge >= 0.3 is 0 Å². The molecule has 3 aromatic rings. The number of benzene rings is 2. The molecule has 3 rings (SSSR count). The average Bonchev–Trinajstić information content (AvgIpc) is 3.07. The maximum absolute atomic E-state index is 12.4. The van der Waals surface area contributed by atoms with E-state index in [1.54, 1.807) is 14.0 Å². The van der Waals surface area contributed by atoms with Gasteiger partial charge in [-0.15, -0.1) is 0 Å². The molecule has 1 amide bonds. The Morgan fingerprint density at radius 3 is 2.45 bits per heavy atom.